The molecule has 138 valence electrons. The van der Waals surface area contributed by atoms with Crippen molar-refractivity contribution in [1.82, 2.24) is 10.2 Å². The number of nitrogens with one attached hydrogen (secondary N) is 1. The van der Waals surface area contributed by atoms with E-state index in [9.17, 15) is 4.79 Å². The van der Waals surface area contributed by atoms with E-state index in [2.05, 4.69) is 16.3 Å². The van der Waals surface area contributed by atoms with E-state index in [0.717, 1.165) is 34.9 Å². The maximum atomic E-state index is 12.3. The minimum atomic E-state index is 0.0551. The summed E-state index contributed by atoms with van der Waals surface area (Å²) in [5.74, 6) is 0.0551. The molecule has 3 N–H and O–H groups in total. The van der Waals surface area contributed by atoms with Crippen LogP contribution in [-0.4, -0.2) is 30.4 Å². The summed E-state index contributed by atoms with van der Waals surface area (Å²) >= 11 is 6.17. The van der Waals surface area contributed by atoms with Gasteiger partial charge >= 0.3 is 0 Å². The molecular formula is C21H26ClN3O. The fraction of sp³-hybridized carbons (Fsp3) is 0.381. The van der Waals surface area contributed by atoms with E-state index in [-0.39, 0.29) is 11.9 Å². The Hall–Kier alpha value is -2.04. The molecule has 1 aliphatic heterocycles. The average Bonchev–Trinajstić information content (AvgIpc) is 3.16. The van der Waals surface area contributed by atoms with Gasteiger partial charge in [-0.1, -0.05) is 41.9 Å². The molecule has 0 aromatic heterocycles. The SMILES string of the molecule is Nc1ccccc1CCC(=O)NCC(c1cccc(Cl)c1)N1CCCC1. The van der Waals surface area contributed by atoms with Crippen LogP contribution in [0, 0.1) is 0 Å². The zero-order valence-corrected chi connectivity index (χ0v) is 15.7. The van der Waals surface area contributed by atoms with Gasteiger partial charge in [-0.3, -0.25) is 9.69 Å². The first kappa shape index (κ1) is 18.7. The van der Waals surface area contributed by atoms with Gasteiger partial charge in [-0.15, -0.1) is 0 Å². The van der Waals surface area contributed by atoms with Crippen LogP contribution in [0.5, 0.6) is 0 Å². The molecule has 4 nitrogen and oxygen atoms in total. The number of carbonyl (C=O) groups excluding carboxylic acids is 1. The van der Waals surface area contributed by atoms with Crippen LogP contribution in [0.2, 0.25) is 5.02 Å². The highest BCUT2D eigenvalue weighted by Crippen LogP contribution is 2.26. The van der Waals surface area contributed by atoms with Crippen molar-refractivity contribution >= 4 is 23.2 Å². The van der Waals surface area contributed by atoms with Crippen LogP contribution in [0.15, 0.2) is 48.5 Å². The lowest BCUT2D eigenvalue weighted by molar-refractivity contribution is -0.121. The van der Waals surface area contributed by atoms with Crippen molar-refractivity contribution in [3.63, 3.8) is 0 Å². The molecular weight excluding hydrogens is 346 g/mol. The normalized spacial score (nSPS) is 15.7. The second-order valence-corrected chi connectivity index (χ2v) is 7.25. The monoisotopic (exact) mass is 371 g/mol. The summed E-state index contributed by atoms with van der Waals surface area (Å²) in [7, 11) is 0. The number of benzene rings is 2. The number of nitrogen functional groups attached to an aromatic ring is 1. The van der Waals surface area contributed by atoms with E-state index in [0.29, 0.717) is 19.4 Å². The second kappa shape index (κ2) is 9.06. The van der Waals surface area contributed by atoms with Crippen LogP contribution in [0.4, 0.5) is 5.69 Å². The number of nitrogens with two attached hydrogens (primary N) is 1. The van der Waals surface area contributed by atoms with E-state index in [1.807, 2.05) is 42.5 Å². The van der Waals surface area contributed by atoms with E-state index < -0.39 is 0 Å². The first-order chi connectivity index (χ1) is 12.6. The molecule has 1 aliphatic rings. The van der Waals surface area contributed by atoms with Crippen LogP contribution >= 0.6 is 11.6 Å². The third-order valence-corrected chi connectivity index (χ3v) is 5.22. The summed E-state index contributed by atoms with van der Waals surface area (Å²) in [6, 6.07) is 15.8. The molecule has 1 saturated heterocycles. The molecule has 1 fully saturated rings. The third kappa shape index (κ3) is 4.99. The predicted octanol–water partition coefficient (Wildman–Crippen LogP) is 3.81. The number of likely N-dealkylation sites (tertiary alicyclic amines) is 1. The number of halogens is 1. The van der Waals surface area contributed by atoms with Crippen LogP contribution in [-0.2, 0) is 11.2 Å². The van der Waals surface area contributed by atoms with Gasteiger partial charge in [0.1, 0.15) is 0 Å². The van der Waals surface area contributed by atoms with Crippen molar-refractivity contribution in [2.24, 2.45) is 0 Å². The number of hydrogen-bond donors (Lipinski definition) is 2. The largest absolute Gasteiger partial charge is 0.399 e. The maximum absolute atomic E-state index is 12.3. The van der Waals surface area contributed by atoms with Gasteiger partial charge in [0.25, 0.3) is 0 Å². The highest BCUT2D eigenvalue weighted by Gasteiger charge is 2.24. The molecule has 5 heteroatoms. The Morgan fingerprint density at radius 2 is 1.92 bits per heavy atom. The minimum absolute atomic E-state index is 0.0551. The van der Waals surface area contributed by atoms with Gasteiger partial charge in [-0.05, 0) is 61.7 Å². The Kier molecular flexibility index (Phi) is 6.53. The zero-order valence-electron chi connectivity index (χ0n) is 15.0. The molecule has 0 bridgehead atoms. The zero-order chi connectivity index (χ0) is 18.4. The summed E-state index contributed by atoms with van der Waals surface area (Å²) in [6.07, 6.45) is 3.51. The molecule has 1 amide bonds. The molecule has 2 aromatic carbocycles. The smallest absolute Gasteiger partial charge is 0.220 e. The first-order valence-corrected chi connectivity index (χ1v) is 9.61. The Labute approximate surface area is 160 Å². The number of carbonyl (C=O) groups is 1. The number of anilines is 1. The van der Waals surface area contributed by atoms with Crippen molar-refractivity contribution in [2.45, 2.75) is 31.7 Å². The fourth-order valence-electron chi connectivity index (χ4n) is 3.53. The molecule has 0 spiro atoms. The molecule has 0 aliphatic carbocycles. The van der Waals surface area contributed by atoms with E-state index in [1.165, 1.54) is 12.8 Å². The molecule has 3 rings (SSSR count). The summed E-state index contributed by atoms with van der Waals surface area (Å²) in [5.41, 5.74) is 8.88. The van der Waals surface area contributed by atoms with E-state index in [1.54, 1.807) is 0 Å². The molecule has 1 heterocycles. The lowest BCUT2D eigenvalue weighted by atomic mass is 10.0. The predicted molar refractivity (Wildman–Crippen MR) is 107 cm³/mol. The number of rotatable bonds is 7. The first-order valence-electron chi connectivity index (χ1n) is 9.23. The number of para-hydroxylation sites is 1. The van der Waals surface area contributed by atoms with Crippen LogP contribution in [0.25, 0.3) is 0 Å². The van der Waals surface area contributed by atoms with Gasteiger partial charge in [-0.2, -0.15) is 0 Å². The summed E-state index contributed by atoms with van der Waals surface area (Å²) in [4.78, 5) is 14.8. The van der Waals surface area contributed by atoms with Crippen LogP contribution in [0.1, 0.15) is 36.4 Å². The number of aryl methyl sites for hydroxylation is 1. The average molecular weight is 372 g/mol. The van der Waals surface area contributed by atoms with E-state index >= 15 is 0 Å². The van der Waals surface area contributed by atoms with Crippen molar-refractivity contribution < 1.29 is 4.79 Å². The van der Waals surface area contributed by atoms with Crippen molar-refractivity contribution in [1.29, 1.82) is 0 Å². The Balaban J connectivity index is 1.58. The molecule has 0 saturated carbocycles. The highest BCUT2D eigenvalue weighted by molar-refractivity contribution is 6.30. The van der Waals surface area contributed by atoms with Gasteiger partial charge in [0.05, 0.1) is 6.04 Å². The second-order valence-electron chi connectivity index (χ2n) is 6.82. The van der Waals surface area contributed by atoms with Crippen molar-refractivity contribution in [3.8, 4) is 0 Å². The number of amides is 1. The lowest BCUT2D eigenvalue weighted by Crippen LogP contribution is -2.36. The third-order valence-electron chi connectivity index (χ3n) is 4.98. The summed E-state index contributed by atoms with van der Waals surface area (Å²) < 4.78 is 0. The molecule has 0 radical (unpaired) electrons. The lowest BCUT2D eigenvalue weighted by Gasteiger charge is -2.28. The Bertz CT molecular complexity index is 744. The number of nitrogens with zero attached hydrogens (tertiary/aromatic N) is 1. The number of hydrogen-bond acceptors (Lipinski definition) is 3. The van der Waals surface area contributed by atoms with Gasteiger partial charge in [-0.25, -0.2) is 0 Å². The van der Waals surface area contributed by atoms with Gasteiger partial charge in [0.15, 0.2) is 0 Å². The van der Waals surface area contributed by atoms with Crippen molar-refractivity contribution in [2.75, 3.05) is 25.4 Å². The molecule has 2 aromatic rings. The quantitative estimate of drug-likeness (QED) is 0.727. The fourth-order valence-corrected chi connectivity index (χ4v) is 3.73. The van der Waals surface area contributed by atoms with Crippen LogP contribution < -0.4 is 11.1 Å². The van der Waals surface area contributed by atoms with Gasteiger partial charge in [0, 0.05) is 23.7 Å². The Morgan fingerprint density at radius 1 is 1.15 bits per heavy atom. The highest BCUT2D eigenvalue weighted by atomic mass is 35.5. The van der Waals surface area contributed by atoms with Gasteiger partial charge < -0.3 is 11.1 Å². The Morgan fingerprint density at radius 3 is 2.65 bits per heavy atom. The van der Waals surface area contributed by atoms with Crippen molar-refractivity contribution in [3.05, 3.63) is 64.7 Å². The molecule has 1 unspecified atom stereocenters. The van der Waals surface area contributed by atoms with Crippen LogP contribution in [0.3, 0.4) is 0 Å². The molecule has 26 heavy (non-hydrogen) atoms. The summed E-state index contributed by atoms with van der Waals surface area (Å²) in [6.45, 7) is 2.73. The summed E-state index contributed by atoms with van der Waals surface area (Å²) in [5, 5.41) is 3.84. The maximum Gasteiger partial charge on any atom is 0.220 e. The topological polar surface area (TPSA) is 58.4 Å². The van der Waals surface area contributed by atoms with Gasteiger partial charge in [0.2, 0.25) is 5.91 Å². The van der Waals surface area contributed by atoms with E-state index in [4.69, 9.17) is 17.3 Å². The molecule has 1 atom stereocenters. The minimum Gasteiger partial charge on any atom is -0.399 e. The standard InChI is InChI=1S/C21H26ClN3O/c22-18-8-5-7-17(14-18)20(25-12-3-4-13-25)15-24-21(26)11-10-16-6-1-2-9-19(16)23/h1-2,5-9,14,20H,3-4,10-13,15,23H2,(H,24,26).